The van der Waals surface area contributed by atoms with Gasteiger partial charge in [-0.25, -0.2) is 4.79 Å². The number of benzene rings is 1. The molecule has 6 heteroatoms. The molecule has 5 nitrogen and oxygen atoms in total. The van der Waals surface area contributed by atoms with Gasteiger partial charge in [0, 0.05) is 34.5 Å². The van der Waals surface area contributed by atoms with Crippen molar-refractivity contribution in [3.8, 4) is 0 Å². The van der Waals surface area contributed by atoms with Gasteiger partial charge < -0.3 is 9.64 Å². The standard InChI is InChI=1S/C22H24ClN2O3/c1-2-28-22(26)24-12-9-15(10-13-24)20-19-8-7-18(23)14-17(19)6-5-16-4-3-11-25(27)21(16)20/h3-8,11,14-15,20,27H,2,9-10,12-13H2,1H3/q+1. The van der Waals surface area contributed by atoms with Crippen LogP contribution in [0.1, 0.15) is 48.1 Å². The van der Waals surface area contributed by atoms with Crippen molar-refractivity contribution in [2.24, 2.45) is 5.92 Å². The van der Waals surface area contributed by atoms with Crippen LogP contribution in [0.2, 0.25) is 5.02 Å². The fourth-order valence-corrected chi connectivity index (χ4v) is 4.58. The van der Waals surface area contributed by atoms with Crippen LogP contribution >= 0.6 is 11.6 Å². The van der Waals surface area contributed by atoms with Crippen LogP contribution < -0.4 is 4.73 Å². The average molecular weight is 400 g/mol. The maximum atomic E-state index is 12.1. The maximum absolute atomic E-state index is 12.1. The number of carbonyl (C=O) groups excluding carboxylic acids is 1. The second-order valence-electron chi connectivity index (χ2n) is 7.30. The van der Waals surface area contributed by atoms with Crippen molar-refractivity contribution < 1.29 is 19.5 Å². The van der Waals surface area contributed by atoms with Crippen molar-refractivity contribution in [2.45, 2.75) is 25.7 Å². The summed E-state index contributed by atoms with van der Waals surface area (Å²) in [7, 11) is 0. The zero-order valence-corrected chi connectivity index (χ0v) is 16.6. The summed E-state index contributed by atoms with van der Waals surface area (Å²) in [5.41, 5.74) is 4.11. The Bertz CT molecular complexity index is 920. The highest BCUT2D eigenvalue weighted by Gasteiger charge is 2.39. The van der Waals surface area contributed by atoms with Crippen molar-refractivity contribution >= 4 is 29.8 Å². The number of hydrogen-bond donors (Lipinski definition) is 1. The van der Waals surface area contributed by atoms with E-state index >= 15 is 0 Å². The van der Waals surface area contributed by atoms with Gasteiger partial charge in [0.1, 0.15) is 0 Å². The summed E-state index contributed by atoms with van der Waals surface area (Å²) in [6.07, 6.45) is 7.22. The van der Waals surface area contributed by atoms with Crippen LogP contribution in [0.25, 0.3) is 12.2 Å². The van der Waals surface area contributed by atoms with Gasteiger partial charge in [0.2, 0.25) is 11.9 Å². The Kier molecular flexibility index (Phi) is 5.27. The van der Waals surface area contributed by atoms with E-state index in [1.807, 2.05) is 37.3 Å². The number of fused-ring (bicyclic) bond motifs is 2. The normalized spacial score (nSPS) is 18.9. The van der Waals surface area contributed by atoms with E-state index in [4.69, 9.17) is 16.3 Å². The molecule has 1 aliphatic carbocycles. The highest BCUT2D eigenvalue weighted by Crippen LogP contribution is 2.42. The van der Waals surface area contributed by atoms with Crippen LogP contribution in [-0.4, -0.2) is 35.9 Å². The van der Waals surface area contributed by atoms with E-state index in [1.165, 1.54) is 4.73 Å². The minimum absolute atomic E-state index is 0.0211. The van der Waals surface area contributed by atoms with E-state index < -0.39 is 0 Å². The van der Waals surface area contributed by atoms with Gasteiger partial charge in [-0.1, -0.05) is 23.7 Å². The zero-order chi connectivity index (χ0) is 19.7. The molecule has 1 atom stereocenters. The van der Waals surface area contributed by atoms with Gasteiger partial charge >= 0.3 is 6.09 Å². The molecular weight excluding hydrogens is 376 g/mol. The Balaban J connectivity index is 1.71. The third-order valence-electron chi connectivity index (χ3n) is 5.70. The number of hydrogen-bond acceptors (Lipinski definition) is 3. The van der Waals surface area contributed by atoms with E-state index in [9.17, 15) is 10.0 Å². The zero-order valence-electron chi connectivity index (χ0n) is 15.8. The molecule has 2 heterocycles. The first kappa shape index (κ1) is 18.8. The average Bonchev–Trinajstić information content (AvgIpc) is 2.86. The number of pyridine rings is 1. The smallest absolute Gasteiger partial charge is 0.409 e. The summed E-state index contributed by atoms with van der Waals surface area (Å²) in [4.78, 5) is 13.8. The third kappa shape index (κ3) is 3.47. The topological polar surface area (TPSA) is 53.7 Å². The Morgan fingerprint density at radius 2 is 2.00 bits per heavy atom. The minimum Gasteiger partial charge on any atom is -0.450 e. The Morgan fingerprint density at radius 1 is 1.25 bits per heavy atom. The number of halogens is 1. The molecule has 0 spiro atoms. The molecule has 1 saturated heterocycles. The lowest BCUT2D eigenvalue weighted by molar-refractivity contribution is -0.910. The lowest BCUT2D eigenvalue weighted by Gasteiger charge is -2.34. The van der Waals surface area contributed by atoms with Crippen molar-refractivity contribution in [3.05, 3.63) is 63.9 Å². The van der Waals surface area contributed by atoms with Crippen LogP contribution in [0, 0.1) is 5.92 Å². The van der Waals surface area contributed by atoms with Crippen molar-refractivity contribution in [1.29, 1.82) is 0 Å². The molecule has 0 saturated carbocycles. The van der Waals surface area contributed by atoms with Crippen LogP contribution in [0.5, 0.6) is 0 Å². The molecule has 146 valence electrons. The number of ether oxygens (including phenoxy) is 1. The highest BCUT2D eigenvalue weighted by atomic mass is 35.5. The molecule has 1 aliphatic heterocycles. The summed E-state index contributed by atoms with van der Waals surface area (Å²) < 4.78 is 6.39. The molecule has 0 radical (unpaired) electrons. The number of carbonyl (C=O) groups is 1. The second kappa shape index (κ2) is 7.84. The van der Waals surface area contributed by atoms with Gasteiger partial charge in [-0.2, -0.15) is 0 Å². The SMILES string of the molecule is CCOC(=O)N1CCC(C2c3ccc(Cl)cc3C=Cc3ccc[n+](O)c32)CC1. The number of aromatic nitrogens is 1. The Labute approximate surface area is 169 Å². The summed E-state index contributed by atoms with van der Waals surface area (Å²) >= 11 is 6.24. The Hall–Kier alpha value is -2.53. The van der Waals surface area contributed by atoms with Crippen molar-refractivity contribution in [2.75, 3.05) is 19.7 Å². The van der Waals surface area contributed by atoms with Gasteiger partial charge in [-0.3, -0.25) is 5.21 Å². The molecule has 4 rings (SSSR count). The monoisotopic (exact) mass is 399 g/mol. The molecule has 2 aromatic rings. The quantitative estimate of drug-likeness (QED) is 0.603. The lowest BCUT2D eigenvalue weighted by Crippen LogP contribution is -2.43. The van der Waals surface area contributed by atoms with E-state index in [1.54, 1.807) is 11.1 Å². The molecule has 1 unspecified atom stereocenters. The number of nitrogens with zero attached hydrogens (tertiary/aromatic N) is 2. The molecule has 28 heavy (non-hydrogen) atoms. The first-order valence-electron chi connectivity index (χ1n) is 9.71. The van der Waals surface area contributed by atoms with Crippen molar-refractivity contribution in [1.82, 2.24) is 4.90 Å². The molecular formula is C22H24ClN2O3+. The van der Waals surface area contributed by atoms with Gasteiger partial charge in [0.05, 0.1) is 12.5 Å². The first-order chi connectivity index (χ1) is 13.6. The van der Waals surface area contributed by atoms with Crippen LogP contribution in [-0.2, 0) is 4.74 Å². The molecule has 2 aliphatic rings. The van der Waals surface area contributed by atoms with Crippen LogP contribution in [0.3, 0.4) is 0 Å². The van der Waals surface area contributed by atoms with Crippen molar-refractivity contribution in [3.63, 3.8) is 0 Å². The Morgan fingerprint density at radius 3 is 2.75 bits per heavy atom. The highest BCUT2D eigenvalue weighted by molar-refractivity contribution is 6.30. The largest absolute Gasteiger partial charge is 0.450 e. The molecule has 1 aromatic carbocycles. The van der Waals surface area contributed by atoms with E-state index in [2.05, 4.69) is 12.1 Å². The fourth-order valence-electron chi connectivity index (χ4n) is 4.40. The second-order valence-corrected chi connectivity index (χ2v) is 7.74. The lowest BCUT2D eigenvalue weighted by atomic mass is 9.76. The van der Waals surface area contributed by atoms with E-state index in [-0.39, 0.29) is 12.0 Å². The third-order valence-corrected chi connectivity index (χ3v) is 5.94. The summed E-state index contributed by atoms with van der Waals surface area (Å²) in [6, 6.07) is 9.80. The predicted molar refractivity (Wildman–Crippen MR) is 107 cm³/mol. The summed E-state index contributed by atoms with van der Waals surface area (Å²) in [5.74, 6) is 0.317. The summed E-state index contributed by atoms with van der Waals surface area (Å²) in [5, 5.41) is 11.3. The van der Waals surface area contributed by atoms with Gasteiger partial charge in [0.25, 0.3) is 0 Å². The van der Waals surface area contributed by atoms with Crippen LogP contribution in [0.15, 0.2) is 36.5 Å². The number of likely N-dealkylation sites (tertiary alicyclic amines) is 1. The fraction of sp³-hybridized carbons (Fsp3) is 0.364. The molecule has 1 aromatic heterocycles. The molecule has 0 bridgehead atoms. The molecule has 1 amide bonds. The maximum Gasteiger partial charge on any atom is 0.409 e. The first-order valence-corrected chi connectivity index (χ1v) is 10.1. The van der Waals surface area contributed by atoms with Crippen LogP contribution in [0.4, 0.5) is 4.79 Å². The van der Waals surface area contributed by atoms with E-state index in [0.29, 0.717) is 30.6 Å². The number of piperidine rings is 1. The van der Waals surface area contributed by atoms with Gasteiger partial charge in [-0.05, 0) is 61.1 Å². The predicted octanol–water partition coefficient (Wildman–Crippen LogP) is 4.35. The van der Waals surface area contributed by atoms with Gasteiger partial charge in [-0.15, -0.1) is 0 Å². The van der Waals surface area contributed by atoms with Gasteiger partial charge in [0.15, 0.2) is 0 Å². The van der Waals surface area contributed by atoms with E-state index in [0.717, 1.165) is 35.2 Å². The number of rotatable bonds is 2. The molecule has 1 fully saturated rings. The molecule has 1 N–H and O–H groups in total. The summed E-state index contributed by atoms with van der Waals surface area (Å²) in [6.45, 7) is 3.52. The number of amides is 1. The minimum atomic E-state index is -0.242.